The van der Waals surface area contributed by atoms with Crippen LogP contribution < -0.4 is 20.5 Å². The van der Waals surface area contributed by atoms with Crippen molar-refractivity contribution in [2.45, 2.75) is 19.9 Å². The molecule has 0 radical (unpaired) electrons. The molecular weight excluding hydrogens is 412 g/mol. The van der Waals surface area contributed by atoms with E-state index in [2.05, 4.69) is 19.2 Å². The molecule has 0 aliphatic rings. The van der Waals surface area contributed by atoms with Gasteiger partial charge in [-0.2, -0.15) is 0 Å². The summed E-state index contributed by atoms with van der Waals surface area (Å²) in [4.78, 5) is 12.8. The first-order valence-electron chi connectivity index (χ1n) is 10.8. The van der Waals surface area contributed by atoms with E-state index in [9.17, 15) is 4.79 Å². The van der Waals surface area contributed by atoms with Crippen LogP contribution in [0.1, 0.15) is 29.8 Å². The molecule has 0 saturated heterocycles. The van der Waals surface area contributed by atoms with E-state index in [4.69, 9.17) is 15.2 Å². The Morgan fingerprint density at radius 2 is 1.00 bits per heavy atom. The van der Waals surface area contributed by atoms with Crippen molar-refractivity contribution in [3.05, 3.63) is 108 Å². The molecule has 5 heteroatoms. The van der Waals surface area contributed by atoms with E-state index in [1.807, 2.05) is 24.3 Å². The number of anilines is 2. The number of hydrogen-bond donors (Lipinski definition) is 2. The molecule has 3 N–H and O–H groups in total. The van der Waals surface area contributed by atoms with Crippen LogP contribution in [0.5, 0.6) is 23.0 Å². The van der Waals surface area contributed by atoms with Crippen LogP contribution in [-0.4, -0.2) is 11.8 Å². The minimum atomic E-state index is -0.0651. The zero-order valence-corrected chi connectivity index (χ0v) is 18.6. The minimum absolute atomic E-state index is 0.0651. The first-order valence-corrected chi connectivity index (χ1v) is 10.8. The van der Waals surface area contributed by atoms with Gasteiger partial charge in [0.15, 0.2) is 5.78 Å². The normalized spacial score (nSPS) is 10.6. The first-order chi connectivity index (χ1) is 16.0. The number of ketones is 1. The predicted octanol–water partition coefficient (Wildman–Crippen LogP) is 6.90. The van der Waals surface area contributed by atoms with Gasteiger partial charge < -0.3 is 20.5 Å². The van der Waals surface area contributed by atoms with Crippen molar-refractivity contribution in [2.75, 3.05) is 11.1 Å². The summed E-state index contributed by atoms with van der Waals surface area (Å²) in [6.45, 7) is 4.19. The fourth-order valence-electron chi connectivity index (χ4n) is 3.28. The molecule has 0 aliphatic carbocycles. The zero-order chi connectivity index (χ0) is 23.2. The third-order valence-electron chi connectivity index (χ3n) is 4.89. The van der Waals surface area contributed by atoms with E-state index < -0.39 is 0 Å². The van der Waals surface area contributed by atoms with Gasteiger partial charge in [0.25, 0.3) is 0 Å². The largest absolute Gasteiger partial charge is 0.457 e. The number of nitrogen functional groups attached to an aromatic ring is 1. The number of carbonyl (C=O) groups is 1. The molecule has 33 heavy (non-hydrogen) atoms. The Hall–Kier alpha value is -4.25. The van der Waals surface area contributed by atoms with Gasteiger partial charge in [-0.25, -0.2) is 0 Å². The van der Waals surface area contributed by atoms with E-state index >= 15 is 0 Å². The third-order valence-corrected chi connectivity index (χ3v) is 4.89. The highest BCUT2D eigenvalue weighted by molar-refractivity contribution is 6.09. The molecular formula is C28H26N2O3. The Bertz CT molecular complexity index is 1200. The van der Waals surface area contributed by atoms with Crippen LogP contribution in [0, 0.1) is 0 Å². The molecule has 0 atom stereocenters. The Balaban J connectivity index is 1.38. The maximum atomic E-state index is 12.8. The zero-order valence-electron chi connectivity index (χ0n) is 18.6. The summed E-state index contributed by atoms with van der Waals surface area (Å²) in [6, 6.07) is 29.5. The van der Waals surface area contributed by atoms with Crippen LogP contribution >= 0.6 is 0 Å². The molecule has 0 unspecified atom stereocenters. The molecule has 0 aliphatic heterocycles. The fourth-order valence-corrected chi connectivity index (χ4v) is 3.28. The molecule has 0 heterocycles. The lowest BCUT2D eigenvalue weighted by atomic mass is 10.0. The summed E-state index contributed by atoms with van der Waals surface area (Å²) in [6.07, 6.45) is 0. The standard InChI is InChI=1S/C28H26N2O3/c1-19(2)30-23-9-17-27(18-10-23)33-25-13-5-21(6-14-25)28(31)20-3-11-24(12-4-20)32-26-15-7-22(29)8-16-26/h3-19,30H,29H2,1-2H3. The molecule has 0 amide bonds. The van der Waals surface area contributed by atoms with Crippen LogP contribution in [0.3, 0.4) is 0 Å². The summed E-state index contributed by atoms with van der Waals surface area (Å²) in [5, 5.41) is 3.34. The Labute approximate surface area is 193 Å². The molecule has 4 aromatic rings. The van der Waals surface area contributed by atoms with Crippen molar-refractivity contribution in [2.24, 2.45) is 0 Å². The van der Waals surface area contributed by atoms with Gasteiger partial charge in [0.1, 0.15) is 23.0 Å². The highest BCUT2D eigenvalue weighted by atomic mass is 16.5. The van der Waals surface area contributed by atoms with Crippen molar-refractivity contribution in [1.29, 1.82) is 0 Å². The van der Waals surface area contributed by atoms with Crippen molar-refractivity contribution >= 4 is 17.2 Å². The van der Waals surface area contributed by atoms with Gasteiger partial charge in [-0.1, -0.05) is 0 Å². The van der Waals surface area contributed by atoms with Crippen LogP contribution in [0.2, 0.25) is 0 Å². The van der Waals surface area contributed by atoms with Crippen LogP contribution in [-0.2, 0) is 0 Å². The van der Waals surface area contributed by atoms with E-state index in [0.717, 1.165) is 11.4 Å². The molecule has 0 aromatic heterocycles. The minimum Gasteiger partial charge on any atom is -0.457 e. The molecule has 0 saturated carbocycles. The number of carbonyl (C=O) groups excluding carboxylic acids is 1. The van der Waals surface area contributed by atoms with Crippen molar-refractivity contribution < 1.29 is 14.3 Å². The van der Waals surface area contributed by atoms with Gasteiger partial charge >= 0.3 is 0 Å². The van der Waals surface area contributed by atoms with E-state index in [0.29, 0.717) is 40.1 Å². The third kappa shape index (κ3) is 5.92. The molecule has 4 aromatic carbocycles. The molecule has 0 bridgehead atoms. The Morgan fingerprint density at radius 1 is 0.636 bits per heavy atom. The van der Waals surface area contributed by atoms with Gasteiger partial charge in [-0.05, 0) is 111 Å². The lowest BCUT2D eigenvalue weighted by Gasteiger charge is -2.11. The second-order valence-electron chi connectivity index (χ2n) is 7.97. The van der Waals surface area contributed by atoms with E-state index in [-0.39, 0.29) is 5.78 Å². The number of ether oxygens (including phenoxy) is 2. The average molecular weight is 439 g/mol. The quantitative estimate of drug-likeness (QED) is 0.231. The first kappa shape index (κ1) is 22.0. The summed E-state index contributed by atoms with van der Waals surface area (Å²) in [5.41, 5.74) is 8.59. The average Bonchev–Trinajstić information content (AvgIpc) is 2.82. The monoisotopic (exact) mass is 438 g/mol. The van der Waals surface area contributed by atoms with Gasteiger partial charge in [0.2, 0.25) is 0 Å². The molecule has 4 rings (SSSR count). The second kappa shape index (κ2) is 9.92. The maximum Gasteiger partial charge on any atom is 0.193 e. The lowest BCUT2D eigenvalue weighted by Crippen LogP contribution is -2.09. The number of benzene rings is 4. The van der Waals surface area contributed by atoms with Gasteiger partial charge in [-0.15, -0.1) is 0 Å². The summed E-state index contributed by atoms with van der Waals surface area (Å²) < 4.78 is 11.7. The van der Waals surface area contributed by atoms with Gasteiger partial charge in [-0.3, -0.25) is 4.79 Å². The highest BCUT2D eigenvalue weighted by Crippen LogP contribution is 2.26. The molecule has 5 nitrogen and oxygen atoms in total. The predicted molar refractivity (Wildman–Crippen MR) is 133 cm³/mol. The highest BCUT2D eigenvalue weighted by Gasteiger charge is 2.10. The van der Waals surface area contributed by atoms with Crippen molar-refractivity contribution in [3.8, 4) is 23.0 Å². The van der Waals surface area contributed by atoms with E-state index in [1.54, 1.807) is 72.8 Å². The molecule has 0 spiro atoms. The van der Waals surface area contributed by atoms with Crippen LogP contribution in [0.4, 0.5) is 11.4 Å². The van der Waals surface area contributed by atoms with Crippen molar-refractivity contribution in [1.82, 2.24) is 0 Å². The maximum absolute atomic E-state index is 12.8. The second-order valence-corrected chi connectivity index (χ2v) is 7.97. The smallest absolute Gasteiger partial charge is 0.193 e. The van der Waals surface area contributed by atoms with Crippen LogP contribution in [0.25, 0.3) is 0 Å². The number of rotatable bonds is 8. The van der Waals surface area contributed by atoms with Gasteiger partial charge in [0.05, 0.1) is 0 Å². The number of hydrogen-bond acceptors (Lipinski definition) is 5. The Morgan fingerprint density at radius 3 is 1.39 bits per heavy atom. The number of nitrogens with two attached hydrogens (primary N) is 1. The lowest BCUT2D eigenvalue weighted by molar-refractivity contribution is 0.103. The summed E-state index contributed by atoms with van der Waals surface area (Å²) >= 11 is 0. The summed E-state index contributed by atoms with van der Waals surface area (Å²) in [5.74, 6) is 2.67. The van der Waals surface area contributed by atoms with Gasteiger partial charge in [0, 0.05) is 28.5 Å². The molecule has 166 valence electrons. The Kier molecular flexibility index (Phi) is 6.60. The topological polar surface area (TPSA) is 73.6 Å². The SMILES string of the molecule is CC(C)Nc1ccc(Oc2ccc(C(=O)c3ccc(Oc4ccc(N)cc4)cc3)cc2)cc1. The van der Waals surface area contributed by atoms with Crippen molar-refractivity contribution in [3.63, 3.8) is 0 Å². The number of nitrogens with one attached hydrogen (secondary N) is 1. The molecule has 0 fully saturated rings. The summed E-state index contributed by atoms with van der Waals surface area (Å²) in [7, 11) is 0. The van der Waals surface area contributed by atoms with E-state index in [1.165, 1.54) is 0 Å². The van der Waals surface area contributed by atoms with Crippen LogP contribution in [0.15, 0.2) is 97.1 Å². The fraction of sp³-hybridized carbons (Fsp3) is 0.107.